The Morgan fingerprint density at radius 1 is 1.25 bits per heavy atom. The molecule has 0 spiro atoms. The number of esters is 2. The van der Waals surface area contributed by atoms with Crippen LogP contribution >= 0.6 is 0 Å². The molecule has 20 heavy (non-hydrogen) atoms. The molecule has 0 radical (unpaired) electrons. The Hall–Kier alpha value is -0.723. The number of carbonyl (C=O) groups excluding carboxylic acids is 2. The number of hydrogen-bond acceptors (Lipinski definition) is 5. The number of cyclic esters (lactones) is 2. The number of rotatable bonds is 11. The summed E-state index contributed by atoms with van der Waals surface area (Å²) in [6, 6.07) is 1.99. The summed E-state index contributed by atoms with van der Waals surface area (Å²) >= 11 is 0. The van der Waals surface area contributed by atoms with Crippen LogP contribution in [0.1, 0.15) is 39.5 Å². The molecule has 1 aliphatic heterocycles. The molecule has 6 heteroatoms. The van der Waals surface area contributed by atoms with Crippen LogP contribution in [0.15, 0.2) is 0 Å². The quantitative estimate of drug-likeness (QED) is 0.191. The van der Waals surface area contributed by atoms with Gasteiger partial charge in [0.2, 0.25) is 0 Å². The van der Waals surface area contributed by atoms with E-state index >= 15 is 0 Å². The van der Waals surface area contributed by atoms with Crippen molar-refractivity contribution in [1.82, 2.24) is 0 Å². The van der Waals surface area contributed by atoms with Gasteiger partial charge in [-0.25, -0.2) is 0 Å². The monoisotopic (exact) mass is 302 g/mol. The molecule has 0 amide bonds. The summed E-state index contributed by atoms with van der Waals surface area (Å²) < 4.78 is 15.9. The molecule has 0 N–H and O–H groups in total. The van der Waals surface area contributed by atoms with Gasteiger partial charge in [0, 0.05) is 22.7 Å². The molecule has 1 rings (SSSR count). The van der Waals surface area contributed by atoms with E-state index in [1.165, 1.54) is 0 Å². The Labute approximate surface area is 123 Å². The standard InChI is InChI=1S/C14H26O5Si/c1-3-6-17-13(18-7-4-2)10-20-8-5-11-9-12(15)19-14(11)16/h11,13H,3-10,20H2,1-2H3. The Morgan fingerprint density at radius 3 is 2.40 bits per heavy atom. The third-order valence-electron chi connectivity index (χ3n) is 3.22. The molecule has 1 fully saturated rings. The van der Waals surface area contributed by atoms with E-state index in [4.69, 9.17) is 9.47 Å². The average molecular weight is 302 g/mol. The molecule has 1 saturated heterocycles. The fourth-order valence-corrected chi connectivity index (χ4v) is 3.89. The largest absolute Gasteiger partial charge is 0.393 e. The molecule has 1 heterocycles. The number of hydrogen-bond donors (Lipinski definition) is 0. The van der Waals surface area contributed by atoms with Crippen LogP contribution in [0.3, 0.4) is 0 Å². The molecule has 1 aliphatic rings. The van der Waals surface area contributed by atoms with Crippen LogP contribution < -0.4 is 0 Å². The van der Waals surface area contributed by atoms with Gasteiger partial charge in [0.15, 0.2) is 6.29 Å². The fraction of sp³-hybridized carbons (Fsp3) is 0.857. The first kappa shape index (κ1) is 17.3. The lowest BCUT2D eigenvalue weighted by Crippen LogP contribution is -2.20. The van der Waals surface area contributed by atoms with Gasteiger partial charge < -0.3 is 14.2 Å². The minimum Gasteiger partial charge on any atom is -0.393 e. The van der Waals surface area contributed by atoms with E-state index in [9.17, 15) is 9.59 Å². The van der Waals surface area contributed by atoms with Crippen LogP contribution in [-0.4, -0.2) is 41.0 Å². The normalized spacial score (nSPS) is 19.4. The van der Waals surface area contributed by atoms with Gasteiger partial charge in [-0.3, -0.25) is 9.59 Å². The van der Waals surface area contributed by atoms with Crippen molar-refractivity contribution in [1.29, 1.82) is 0 Å². The van der Waals surface area contributed by atoms with E-state index in [0.29, 0.717) is 0 Å². The lowest BCUT2D eigenvalue weighted by atomic mass is 10.1. The molecule has 116 valence electrons. The zero-order valence-electron chi connectivity index (χ0n) is 12.6. The highest BCUT2D eigenvalue weighted by Gasteiger charge is 2.32. The van der Waals surface area contributed by atoms with Crippen molar-refractivity contribution < 1.29 is 23.8 Å². The minimum absolute atomic E-state index is 0.0845. The summed E-state index contributed by atoms with van der Waals surface area (Å²) in [5, 5.41) is 0. The van der Waals surface area contributed by atoms with E-state index in [-0.39, 0.29) is 40.1 Å². The molecule has 0 saturated carbocycles. The summed E-state index contributed by atoms with van der Waals surface area (Å²) in [7, 11) is -0.334. The highest BCUT2D eigenvalue weighted by molar-refractivity contribution is 6.35. The van der Waals surface area contributed by atoms with E-state index in [2.05, 4.69) is 18.6 Å². The zero-order valence-corrected chi connectivity index (χ0v) is 14.0. The molecule has 0 aliphatic carbocycles. The Bertz CT molecular complexity index is 300. The second-order valence-corrected chi connectivity index (χ2v) is 7.14. The smallest absolute Gasteiger partial charge is 0.317 e. The molecule has 1 unspecified atom stereocenters. The van der Waals surface area contributed by atoms with Crippen LogP contribution in [0.2, 0.25) is 12.1 Å². The van der Waals surface area contributed by atoms with Crippen molar-refractivity contribution in [2.75, 3.05) is 13.2 Å². The Kier molecular flexibility index (Phi) is 8.72. The third-order valence-corrected chi connectivity index (χ3v) is 5.01. The molecule has 0 bridgehead atoms. The predicted molar refractivity (Wildman–Crippen MR) is 78.3 cm³/mol. The number of ether oxygens (including phenoxy) is 3. The van der Waals surface area contributed by atoms with E-state index in [1.54, 1.807) is 0 Å². The average Bonchev–Trinajstić information content (AvgIpc) is 2.75. The molecule has 0 aromatic carbocycles. The second-order valence-electron chi connectivity index (χ2n) is 5.15. The van der Waals surface area contributed by atoms with E-state index < -0.39 is 0 Å². The van der Waals surface area contributed by atoms with Crippen LogP contribution in [0.5, 0.6) is 0 Å². The third kappa shape index (κ3) is 6.63. The van der Waals surface area contributed by atoms with Crippen LogP contribution in [0.25, 0.3) is 0 Å². The Morgan fingerprint density at radius 2 is 1.90 bits per heavy atom. The number of carbonyl (C=O) groups is 2. The van der Waals surface area contributed by atoms with Crippen molar-refractivity contribution in [2.45, 2.75) is 57.9 Å². The topological polar surface area (TPSA) is 61.8 Å². The predicted octanol–water partition coefficient (Wildman–Crippen LogP) is 1.65. The van der Waals surface area contributed by atoms with Gasteiger partial charge in [0.05, 0.1) is 12.3 Å². The summed E-state index contributed by atoms with van der Waals surface area (Å²) in [6.07, 6.45) is 2.92. The first-order chi connectivity index (χ1) is 9.67. The van der Waals surface area contributed by atoms with Crippen LogP contribution in [-0.2, 0) is 23.8 Å². The summed E-state index contributed by atoms with van der Waals surface area (Å²) in [4.78, 5) is 22.3. The lowest BCUT2D eigenvalue weighted by molar-refractivity contribution is -0.153. The summed E-state index contributed by atoms with van der Waals surface area (Å²) in [5.41, 5.74) is 0. The van der Waals surface area contributed by atoms with Crippen molar-refractivity contribution >= 4 is 21.5 Å². The molecular formula is C14H26O5Si. The molecule has 0 aromatic heterocycles. The fourth-order valence-electron chi connectivity index (χ4n) is 2.16. The minimum atomic E-state index is -0.378. The maximum absolute atomic E-state index is 11.3. The second kappa shape index (κ2) is 10.1. The highest BCUT2D eigenvalue weighted by Crippen LogP contribution is 2.21. The van der Waals surface area contributed by atoms with Crippen LogP contribution in [0.4, 0.5) is 0 Å². The maximum Gasteiger partial charge on any atom is 0.317 e. The van der Waals surface area contributed by atoms with Crippen molar-refractivity contribution in [3.8, 4) is 0 Å². The molecular weight excluding hydrogens is 276 g/mol. The van der Waals surface area contributed by atoms with Gasteiger partial charge in [-0.1, -0.05) is 19.9 Å². The van der Waals surface area contributed by atoms with Crippen molar-refractivity contribution in [3.05, 3.63) is 0 Å². The van der Waals surface area contributed by atoms with Gasteiger partial charge in [0.1, 0.15) is 0 Å². The van der Waals surface area contributed by atoms with E-state index in [0.717, 1.165) is 44.6 Å². The highest BCUT2D eigenvalue weighted by atomic mass is 28.2. The van der Waals surface area contributed by atoms with Gasteiger partial charge in [-0.15, -0.1) is 0 Å². The molecule has 1 atom stereocenters. The van der Waals surface area contributed by atoms with Crippen molar-refractivity contribution in [2.24, 2.45) is 5.92 Å². The molecule has 5 nitrogen and oxygen atoms in total. The first-order valence-electron chi connectivity index (χ1n) is 7.65. The van der Waals surface area contributed by atoms with Gasteiger partial charge in [-0.05, 0) is 25.3 Å². The zero-order chi connectivity index (χ0) is 14.8. The molecule has 0 aromatic rings. The Balaban J connectivity index is 2.15. The SMILES string of the molecule is CCCOC(C[SiH2]CCC1CC(=O)OC1=O)OCCC. The van der Waals surface area contributed by atoms with E-state index in [1.807, 2.05) is 0 Å². The van der Waals surface area contributed by atoms with Gasteiger partial charge in [-0.2, -0.15) is 0 Å². The van der Waals surface area contributed by atoms with Crippen molar-refractivity contribution in [3.63, 3.8) is 0 Å². The maximum atomic E-state index is 11.3. The lowest BCUT2D eigenvalue weighted by Gasteiger charge is -2.18. The van der Waals surface area contributed by atoms with Gasteiger partial charge >= 0.3 is 11.9 Å². The first-order valence-corrected chi connectivity index (χ1v) is 9.65. The van der Waals surface area contributed by atoms with Gasteiger partial charge in [0.25, 0.3) is 0 Å². The summed E-state index contributed by atoms with van der Waals surface area (Å²) in [6.45, 7) is 5.62. The summed E-state index contributed by atoms with van der Waals surface area (Å²) in [5.74, 6) is -0.927. The van der Waals surface area contributed by atoms with Crippen LogP contribution in [0, 0.1) is 5.92 Å².